The van der Waals surface area contributed by atoms with Crippen molar-refractivity contribution in [2.45, 2.75) is 64.7 Å². The van der Waals surface area contributed by atoms with Gasteiger partial charge in [-0.3, -0.25) is 0 Å². The zero-order valence-corrected chi connectivity index (χ0v) is 16.4. The van der Waals surface area contributed by atoms with Gasteiger partial charge in [-0.1, -0.05) is 75.9 Å². The molecule has 2 aromatic rings. The van der Waals surface area contributed by atoms with E-state index < -0.39 is 5.97 Å². The Morgan fingerprint density at radius 3 is 2.41 bits per heavy atom. The average Bonchev–Trinajstić information content (AvgIpc) is 2.70. The maximum atomic E-state index is 12.1. The normalized spacial score (nSPS) is 12.2. The Hall–Kier alpha value is -2.49. The van der Waals surface area contributed by atoms with Crippen LogP contribution in [0.2, 0.25) is 0 Å². The zero-order valence-electron chi connectivity index (χ0n) is 16.4. The molecule has 144 valence electrons. The highest BCUT2D eigenvalue weighted by molar-refractivity contribution is 5.83. The lowest BCUT2D eigenvalue weighted by Crippen LogP contribution is -2.08. The van der Waals surface area contributed by atoms with E-state index in [4.69, 9.17) is 4.74 Å². The van der Waals surface area contributed by atoms with Gasteiger partial charge in [0.25, 0.3) is 0 Å². The number of nitrogens with zero attached hydrogens (tertiary/aromatic N) is 2. The molecule has 0 bridgehead atoms. The summed E-state index contributed by atoms with van der Waals surface area (Å²) >= 11 is 0. The number of hydrogen-bond donors (Lipinski definition) is 0. The molecule has 2 rings (SSSR count). The quantitative estimate of drug-likeness (QED) is 0.293. The van der Waals surface area contributed by atoms with Crippen LogP contribution >= 0.6 is 0 Å². The number of benzene rings is 1. The van der Waals surface area contributed by atoms with Crippen LogP contribution in [0, 0.1) is 0 Å². The minimum atomic E-state index is -0.439. The number of unbranched alkanes of at least 4 members (excludes halogenated alkanes) is 3. The predicted octanol–water partition coefficient (Wildman–Crippen LogP) is 5.64. The van der Waals surface area contributed by atoms with Gasteiger partial charge in [-0.2, -0.15) is 0 Å². The monoisotopic (exact) mass is 366 g/mol. The first-order valence-corrected chi connectivity index (χ1v) is 9.98. The fraction of sp³-hybridized carbons (Fsp3) is 0.435. The highest BCUT2D eigenvalue weighted by atomic mass is 16.5. The van der Waals surface area contributed by atoms with E-state index >= 15 is 0 Å². The van der Waals surface area contributed by atoms with Crippen molar-refractivity contribution in [1.29, 1.82) is 0 Å². The first kappa shape index (κ1) is 20.8. The Bertz CT molecular complexity index is 696. The minimum absolute atomic E-state index is 0.105. The molecule has 1 heterocycles. The molecule has 0 fully saturated rings. The van der Waals surface area contributed by atoms with Crippen LogP contribution in [0.25, 0.3) is 0 Å². The molecule has 27 heavy (non-hydrogen) atoms. The topological polar surface area (TPSA) is 52.1 Å². The Kier molecular flexibility index (Phi) is 9.25. The molecule has 0 aliphatic carbocycles. The number of carbonyl (C=O) groups is 1. The number of aryl methyl sites for hydroxylation is 1. The third-order valence-corrected chi connectivity index (χ3v) is 4.50. The van der Waals surface area contributed by atoms with Crippen molar-refractivity contribution in [1.82, 2.24) is 9.97 Å². The third kappa shape index (κ3) is 7.73. The molecule has 1 aromatic carbocycles. The summed E-state index contributed by atoms with van der Waals surface area (Å²) in [5.41, 5.74) is 2.28. The third-order valence-electron chi connectivity index (χ3n) is 4.50. The first-order valence-electron chi connectivity index (χ1n) is 9.98. The molecule has 0 saturated carbocycles. The number of ether oxygens (including phenoxy) is 1. The largest absolute Gasteiger partial charge is 0.388 e. The predicted molar refractivity (Wildman–Crippen MR) is 109 cm³/mol. The first-order chi connectivity index (χ1) is 13.2. The summed E-state index contributed by atoms with van der Waals surface area (Å²) in [4.78, 5) is 20.4. The van der Waals surface area contributed by atoms with E-state index in [1.165, 1.54) is 24.5 Å². The van der Waals surface area contributed by atoms with Gasteiger partial charge in [-0.05, 0) is 30.4 Å². The summed E-state index contributed by atoms with van der Waals surface area (Å²) in [5.74, 6) is -0.230. The van der Waals surface area contributed by atoms with Crippen LogP contribution in [-0.4, -0.2) is 15.9 Å². The Morgan fingerprint density at radius 2 is 1.74 bits per heavy atom. The van der Waals surface area contributed by atoms with Crippen molar-refractivity contribution < 1.29 is 9.53 Å². The summed E-state index contributed by atoms with van der Waals surface area (Å²) in [6.07, 6.45) is 14.6. The molecule has 4 heteroatoms. The van der Waals surface area contributed by atoms with E-state index in [0.717, 1.165) is 37.7 Å². The van der Waals surface area contributed by atoms with Crippen molar-refractivity contribution in [2.24, 2.45) is 0 Å². The second-order valence-electron chi connectivity index (χ2n) is 6.77. The summed E-state index contributed by atoms with van der Waals surface area (Å²) < 4.78 is 5.24. The van der Waals surface area contributed by atoms with Gasteiger partial charge in [-0.15, -0.1) is 0 Å². The molecular weight excluding hydrogens is 336 g/mol. The fourth-order valence-electron chi connectivity index (χ4n) is 2.92. The van der Waals surface area contributed by atoms with Crippen molar-refractivity contribution in [3.63, 3.8) is 0 Å². The summed E-state index contributed by atoms with van der Waals surface area (Å²) in [7, 11) is 0. The van der Waals surface area contributed by atoms with Crippen molar-refractivity contribution in [2.75, 3.05) is 0 Å². The molecule has 0 N–H and O–H groups in total. The molecule has 1 unspecified atom stereocenters. The van der Waals surface area contributed by atoms with Crippen LogP contribution in [0.15, 0.2) is 54.9 Å². The van der Waals surface area contributed by atoms with E-state index in [-0.39, 0.29) is 11.9 Å². The molecule has 0 saturated heterocycles. The number of esters is 1. The van der Waals surface area contributed by atoms with Crippen LogP contribution in [0.5, 0.6) is 6.01 Å². The number of carbonyl (C=O) groups excluding carboxylic acids is 1. The van der Waals surface area contributed by atoms with Crippen LogP contribution in [0.1, 0.15) is 69.4 Å². The lowest BCUT2D eigenvalue weighted by molar-refractivity contribution is -0.129. The van der Waals surface area contributed by atoms with E-state index in [2.05, 4.69) is 35.9 Å². The Morgan fingerprint density at radius 1 is 1.04 bits per heavy atom. The van der Waals surface area contributed by atoms with Crippen LogP contribution < -0.4 is 4.74 Å². The SMILES string of the molecule is CCCCCc1cnc(OC(=O)/C=C/C(CCCC)c2ccccc2)nc1. The van der Waals surface area contributed by atoms with Crippen LogP contribution in [0.4, 0.5) is 0 Å². The summed E-state index contributed by atoms with van der Waals surface area (Å²) in [6.45, 7) is 4.35. The van der Waals surface area contributed by atoms with E-state index in [1.54, 1.807) is 12.4 Å². The van der Waals surface area contributed by atoms with Gasteiger partial charge in [0.1, 0.15) is 0 Å². The number of allylic oxidation sites excluding steroid dienone is 1. The average molecular weight is 367 g/mol. The number of aromatic nitrogens is 2. The summed E-state index contributed by atoms with van der Waals surface area (Å²) in [5, 5.41) is 0. The molecule has 1 aromatic heterocycles. The van der Waals surface area contributed by atoms with E-state index in [1.807, 2.05) is 24.3 Å². The smallest absolute Gasteiger partial charge is 0.338 e. The summed E-state index contributed by atoms with van der Waals surface area (Å²) in [6, 6.07) is 10.3. The van der Waals surface area contributed by atoms with Crippen LogP contribution in [-0.2, 0) is 11.2 Å². The van der Waals surface area contributed by atoms with Gasteiger partial charge in [0.2, 0.25) is 0 Å². The van der Waals surface area contributed by atoms with Gasteiger partial charge in [0.15, 0.2) is 0 Å². The van der Waals surface area contributed by atoms with Crippen molar-refractivity contribution in [3.8, 4) is 6.01 Å². The Labute approximate surface area is 162 Å². The van der Waals surface area contributed by atoms with Gasteiger partial charge in [-0.25, -0.2) is 14.8 Å². The second-order valence-corrected chi connectivity index (χ2v) is 6.77. The molecule has 0 aliphatic rings. The highest BCUT2D eigenvalue weighted by Gasteiger charge is 2.09. The Balaban J connectivity index is 1.92. The number of hydrogen-bond acceptors (Lipinski definition) is 4. The minimum Gasteiger partial charge on any atom is -0.388 e. The fourth-order valence-corrected chi connectivity index (χ4v) is 2.92. The maximum Gasteiger partial charge on any atom is 0.338 e. The van der Waals surface area contributed by atoms with E-state index in [0.29, 0.717) is 0 Å². The standard InChI is InChI=1S/C23H30N2O2/c1-3-5-8-11-19-17-24-23(25-18-19)27-22(26)16-15-21(12-6-4-2)20-13-9-7-10-14-20/h7,9-10,13-18,21H,3-6,8,11-12H2,1-2H3/b16-15+. The van der Waals surface area contributed by atoms with Crippen molar-refractivity contribution in [3.05, 3.63) is 66.0 Å². The van der Waals surface area contributed by atoms with Gasteiger partial charge >= 0.3 is 12.0 Å². The highest BCUT2D eigenvalue weighted by Crippen LogP contribution is 2.23. The molecule has 1 atom stereocenters. The molecule has 0 radical (unpaired) electrons. The van der Waals surface area contributed by atoms with E-state index in [9.17, 15) is 4.79 Å². The molecule has 4 nitrogen and oxygen atoms in total. The molecule has 0 amide bonds. The molecule has 0 spiro atoms. The number of rotatable bonds is 11. The lowest BCUT2D eigenvalue weighted by atomic mass is 9.93. The second kappa shape index (κ2) is 12.0. The van der Waals surface area contributed by atoms with Gasteiger partial charge < -0.3 is 4.74 Å². The molecular formula is C23H30N2O2. The zero-order chi connectivity index (χ0) is 19.3. The lowest BCUT2D eigenvalue weighted by Gasteiger charge is -2.12. The van der Waals surface area contributed by atoms with Crippen molar-refractivity contribution >= 4 is 5.97 Å². The molecule has 0 aliphatic heterocycles. The van der Waals surface area contributed by atoms with Crippen LogP contribution in [0.3, 0.4) is 0 Å². The van der Waals surface area contributed by atoms with Gasteiger partial charge in [0.05, 0.1) is 0 Å². The van der Waals surface area contributed by atoms with Gasteiger partial charge in [0, 0.05) is 24.4 Å². The maximum absolute atomic E-state index is 12.1.